The number of carbonyl (C=O) groups excluding carboxylic acids is 1. The normalized spacial score (nSPS) is 10.8. The fourth-order valence-electron chi connectivity index (χ4n) is 3.29. The molecule has 0 aliphatic rings. The number of imidazole rings is 1. The van der Waals surface area contributed by atoms with E-state index in [-0.39, 0.29) is 5.91 Å². The molecular formula is C24H19N5O2. The van der Waals surface area contributed by atoms with E-state index < -0.39 is 0 Å². The first-order valence-electron chi connectivity index (χ1n) is 9.81. The highest BCUT2D eigenvalue weighted by atomic mass is 16.5. The van der Waals surface area contributed by atoms with Gasteiger partial charge in [-0.25, -0.2) is 9.67 Å². The van der Waals surface area contributed by atoms with E-state index in [1.807, 2.05) is 77.6 Å². The molecule has 3 heterocycles. The molecule has 0 saturated heterocycles. The molecule has 3 aromatic heterocycles. The number of ether oxygens (including phenoxy) is 1. The van der Waals surface area contributed by atoms with Gasteiger partial charge in [-0.1, -0.05) is 18.2 Å². The first kappa shape index (κ1) is 18.6. The number of rotatable bonds is 6. The van der Waals surface area contributed by atoms with Crippen molar-refractivity contribution in [3.8, 4) is 11.4 Å². The number of nitrogens with one attached hydrogen (secondary N) is 1. The molecule has 0 aliphatic heterocycles. The molecule has 0 bridgehead atoms. The minimum absolute atomic E-state index is 0.212. The second-order valence-electron chi connectivity index (χ2n) is 6.97. The van der Waals surface area contributed by atoms with Crippen LogP contribution in [0, 0.1) is 0 Å². The van der Waals surface area contributed by atoms with Crippen molar-refractivity contribution in [3.05, 3.63) is 109 Å². The van der Waals surface area contributed by atoms with Gasteiger partial charge < -0.3 is 14.5 Å². The minimum atomic E-state index is -0.212. The summed E-state index contributed by atoms with van der Waals surface area (Å²) in [6.07, 6.45) is 7.44. The summed E-state index contributed by atoms with van der Waals surface area (Å²) in [5.74, 6) is 0.394. The zero-order valence-electron chi connectivity index (χ0n) is 16.6. The van der Waals surface area contributed by atoms with Crippen molar-refractivity contribution in [1.82, 2.24) is 19.2 Å². The summed E-state index contributed by atoms with van der Waals surface area (Å²) in [5.41, 5.74) is 3.75. The smallest absolute Gasteiger partial charge is 0.255 e. The van der Waals surface area contributed by atoms with Crippen LogP contribution in [-0.4, -0.2) is 25.1 Å². The minimum Gasteiger partial charge on any atom is -0.487 e. The molecule has 0 saturated carbocycles. The number of carbonyl (C=O) groups is 1. The molecule has 31 heavy (non-hydrogen) atoms. The summed E-state index contributed by atoms with van der Waals surface area (Å²) in [5, 5.41) is 7.14. The van der Waals surface area contributed by atoms with Gasteiger partial charge in [-0.05, 0) is 54.6 Å². The maximum Gasteiger partial charge on any atom is 0.255 e. The summed E-state index contributed by atoms with van der Waals surface area (Å²) in [6, 6.07) is 22.3. The number of anilines is 1. The molecule has 7 heteroatoms. The van der Waals surface area contributed by atoms with Crippen molar-refractivity contribution >= 4 is 17.2 Å². The quantitative estimate of drug-likeness (QED) is 0.452. The molecule has 0 atom stereocenters. The molecule has 0 aliphatic carbocycles. The fraction of sp³-hybridized carbons (Fsp3) is 0.0417. The molecule has 0 spiro atoms. The zero-order valence-corrected chi connectivity index (χ0v) is 16.6. The van der Waals surface area contributed by atoms with E-state index in [1.54, 1.807) is 29.1 Å². The molecule has 7 nitrogen and oxygen atoms in total. The van der Waals surface area contributed by atoms with Crippen molar-refractivity contribution < 1.29 is 9.53 Å². The van der Waals surface area contributed by atoms with Crippen LogP contribution in [0.3, 0.4) is 0 Å². The van der Waals surface area contributed by atoms with Crippen LogP contribution in [0.1, 0.15) is 16.1 Å². The second kappa shape index (κ2) is 8.16. The number of hydrogen-bond acceptors (Lipinski definition) is 4. The van der Waals surface area contributed by atoms with Gasteiger partial charge in [0.2, 0.25) is 0 Å². The lowest BCUT2D eigenvalue weighted by Crippen LogP contribution is -2.12. The van der Waals surface area contributed by atoms with Gasteiger partial charge in [-0.15, -0.1) is 0 Å². The van der Waals surface area contributed by atoms with Gasteiger partial charge in [0.25, 0.3) is 5.91 Å². The highest BCUT2D eigenvalue weighted by Gasteiger charge is 2.09. The van der Waals surface area contributed by atoms with Crippen LogP contribution >= 0.6 is 0 Å². The molecule has 5 aromatic rings. The number of aromatic nitrogens is 4. The lowest BCUT2D eigenvalue weighted by Gasteiger charge is -2.09. The van der Waals surface area contributed by atoms with Gasteiger partial charge in [0.05, 0.1) is 11.4 Å². The Labute approximate surface area is 178 Å². The summed E-state index contributed by atoms with van der Waals surface area (Å²) >= 11 is 0. The van der Waals surface area contributed by atoms with Crippen molar-refractivity contribution in [2.45, 2.75) is 6.61 Å². The van der Waals surface area contributed by atoms with Crippen LogP contribution in [0.5, 0.6) is 5.75 Å². The molecule has 152 valence electrons. The highest BCUT2D eigenvalue weighted by molar-refractivity contribution is 6.04. The molecule has 2 aromatic carbocycles. The Bertz CT molecular complexity index is 1310. The van der Waals surface area contributed by atoms with Gasteiger partial charge in [0.1, 0.15) is 18.0 Å². The Morgan fingerprint density at radius 1 is 0.968 bits per heavy atom. The molecule has 1 amide bonds. The van der Waals surface area contributed by atoms with E-state index >= 15 is 0 Å². The average Bonchev–Trinajstić information content (AvgIpc) is 3.48. The second-order valence-corrected chi connectivity index (χ2v) is 6.97. The molecule has 0 unspecified atom stereocenters. The lowest BCUT2D eigenvalue weighted by atomic mass is 10.2. The third kappa shape index (κ3) is 4.16. The first-order valence-corrected chi connectivity index (χ1v) is 9.81. The van der Waals surface area contributed by atoms with Crippen molar-refractivity contribution in [2.24, 2.45) is 0 Å². The largest absolute Gasteiger partial charge is 0.487 e. The summed E-state index contributed by atoms with van der Waals surface area (Å²) < 4.78 is 9.55. The maximum atomic E-state index is 12.8. The van der Waals surface area contributed by atoms with Crippen LogP contribution in [0.4, 0.5) is 5.69 Å². The summed E-state index contributed by atoms with van der Waals surface area (Å²) in [4.78, 5) is 17.3. The van der Waals surface area contributed by atoms with E-state index in [1.165, 1.54) is 0 Å². The number of amides is 1. The predicted octanol–water partition coefficient (Wildman–Crippen LogP) is 4.35. The predicted molar refractivity (Wildman–Crippen MR) is 117 cm³/mol. The van der Waals surface area contributed by atoms with Crippen LogP contribution in [0.15, 0.2) is 97.6 Å². The van der Waals surface area contributed by atoms with Gasteiger partial charge in [0.15, 0.2) is 0 Å². The van der Waals surface area contributed by atoms with Crippen LogP contribution in [0.25, 0.3) is 11.3 Å². The van der Waals surface area contributed by atoms with Gasteiger partial charge in [-0.3, -0.25) is 4.79 Å². The molecular weight excluding hydrogens is 390 g/mol. The van der Waals surface area contributed by atoms with E-state index in [2.05, 4.69) is 15.4 Å². The standard InChI is InChI=1S/C24H19N5O2/c30-24(27-19-7-4-8-21(15-19)29-13-5-11-25-29)18-6-3-9-22(14-18)31-17-20-16-28-12-2-1-10-23(28)26-20/h1-16H,17H2,(H,27,30). The SMILES string of the molecule is O=C(Nc1cccc(-n2cccn2)c1)c1cccc(OCc2cn3ccccc3n2)c1. The number of hydrogen-bond donors (Lipinski definition) is 1. The van der Waals surface area contributed by atoms with Crippen molar-refractivity contribution in [1.29, 1.82) is 0 Å². The Morgan fingerprint density at radius 3 is 2.77 bits per heavy atom. The molecule has 5 rings (SSSR count). The highest BCUT2D eigenvalue weighted by Crippen LogP contribution is 2.18. The Hall–Kier alpha value is -4.39. The Kier molecular flexibility index (Phi) is 4.90. The lowest BCUT2D eigenvalue weighted by molar-refractivity contribution is 0.102. The Balaban J connectivity index is 1.27. The van der Waals surface area contributed by atoms with Crippen molar-refractivity contribution in [3.63, 3.8) is 0 Å². The van der Waals surface area contributed by atoms with Crippen LogP contribution in [-0.2, 0) is 6.61 Å². The first-order chi connectivity index (χ1) is 15.2. The van der Waals surface area contributed by atoms with Crippen LogP contribution < -0.4 is 10.1 Å². The van der Waals surface area contributed by atoms with Gasteiger partial charge in [0, 0.05) is 36.0 Å². The van der Waals surface area contributed by atoms with E-state index in [0.29, 0.717) is 23.6 Å². The van der Waals surface area contributed by atoms with E-state index in [9.17, 15) is 4.79 Å². The zero-order chi connectivity index (χ0) is 21.0. The van der Waals surface area contributed by atoms with Crippen LogP contribution in [0.2, 0.25) is 0 Å². The molecule has 0 fully saturated rings. The van der Waals surface area contributed by atoms with E-state index in [4.69, 9.17) is 4.74 Å². The number of nitrogens with zero attached hydrogens (tertiary/aromatic N) is 4. The molecule has 0 radical (unpaired) electrons. The Morgan fingerprint density at radius 2 is 1.90 bits per heavy atom. The molecule has 1 N–H and O–H groups in total. The van der Waals surface area contributed by atoms with Gasteiger partial charge >= 0.3 is 0 Å². The van der Waals surface area contributed by atoms with Crippen molar-refractivity contribution in [2.75, 3.05) is 5.32 Å². The topological polar surface area (TPSA) is 73.5 Å². The third-order valence-corrected chi connectivity index (χ3v) is 4.77. The monoisotopic (exact) mass is 409 g/mol. The fourth-order valence-corrected chi connectivity index (χ4v) is 3.29. The maximum absolute atomic E-state index is 12.8. The van der Waals surface area contributed by atoms with E-state index in [0.717, 1.165) is 17.0 Å². The average molecular weight is 409 g/mol. The summed E-state index contributed by atoms with van der Waals surface area (Å²) in [6.45, 7) is 0.318. The van der Waals surface area contributed by atoms with Gasteiger partial charge in [-0.2, -0.15) is 5.10 Å². The number of benzene rings is 2. The number of fused-ring (bicyclic) bond motifs is 1. The third-order valence-electron chi connectivity index (χ3n) is 4.77. The number of pyridine rings is 1. The summed E-state index contributed by atoms with van der Waals surface area (Å²) in [7, 11) is 0.